The molecule has 3 aromatic rings. The summed E-state index contributed by atoms with van der Waals surface area (Å²) in [6.07, 6.45) is 0.693. The minimum absolute atomic E-state index is 0.0812. The highest BCUT2D eigenvalue weighted by molar-refractivity contribution is 5.83. The second-order valence-corrected chi connectivity index (χ2v) is 5.57. The van der Waals surface area contributed by atoms with Crippen molar-refractivity contribution in [2.24, 2.45) is 0 Å². The number of hydrogen-bond acceptors (Lipinski definition) is 4. The van der Waals surface area contributed by atoms with Crippen LogP contribution in [0.15, 0.2) is 54.6 Å². The van der Waals surface area contributed by atoms with Crippen molar-refractivity contribution in [3.63, 3.8) is 0 Å². The summed E-state index contributed by atoms with van der Waals surface area (Å²) in [6.45, 7) is 2.16. The molecule has 0 aliphatic carbocycles. The second-order valence-electron chi connectivity index (χ2n) is 5.57. The summed E-state index contributed by atoms with van der Waals surface area (Å²) in [5.41, 5.74) is 1.60. The highest BCUT2D eigenvalue weighted by atomic mass is 19.1. The van der Waals surface area contributed by atoms with Crippen LogP contribution in [-0.4, -0.2) is 26.1 Å². The van der Waals surface area contributed by atoms with E-state index in [0.717, 1.165) is 5.56 Å². The molecule has 0 bridgehead atoms. The zero-order valence-corrected chi connectivity index (χ0v) is 13.8. The third-order valence-electron chi connectivity index (χ3n) is 3.95. The smallest absolute Gasteiger partial charge is 0.227 e. The molecule has 6 nitrogen and oxygen atoms in total. The van der Waals surface area contributed by atoms with E-state index >= 15 is 0 Å². The largest absolute Gasteiger partial charge is 0.348 e. The molecule has 1 aromatic heterocycles. The van der Waals surface area contributed by atoms with Crippen LogP contribution in [0.1, 0.15) is 30.7 Å². The van der Waals surface area contributed by atoms with E-state index in [4.69, 9.17) is 0 Å². The Labute approximate surface area is 144 Å². The quantitative estimate of drug-likeness (QED) is 0.749. The summed E-state index contributed by atoms with van der Waals surface area (Å²) >= 11 is 0. The van der Waals surface area contributed by atoms with Crippen molar-refractivity contribution in [3.8, 4) is 5.69 Å². The zero-order chi connectivity index (χ0) is 17.6. The van der Waals surface area contributed by atoms with Gasteiger partial charge in [0.15, 0.2) is 5.82 Å². The maximum absolute atomic E-state index is 13.1. The maximum Gasteiger partial charge on any atom is 0.227 e. The standard InChI is InChI=1S/C18H18FN5O/c1-2-16(13-6-4-3-5-7-13)18(25)20-12-17-21-22-23-24(17)15-10-8-14(19)9-11-15/h3-11,16H,2,12H2,1H3,(H,20,25)/t16-/m0/s1. The van der Waals surface area contributed by atoms with E-state index in [2.05, 4.69) is 20.8 Å². The molecule has 0 radical (unpaired) electrons. The minimum atomic E-state index is -0.333. The van der Waals surface area contributed by atoms with Crippen LogP contribution >= 0.6 is 0 Å². The van der Waals surface area contributed by atoms with E-state index in [9.17, 15) is 9.18 Å². The Kier molecular flexibility index (Phi) is 5.13. The molecular weight excluding hydrogens is 321 g/mol. The van der Waals surface area contributed by atoms with Gasteiger partial charge in [-0.15, -0.1) is 5.10 Å². The normalized spacial score (nSPS) is 11.9. The number of carbonyl (C=O) groups is 1. The zero-order valence-electron chi connectivity index (χ0n) is 13.8. The van der Waals surface area contributed by atoms with Crippen LogP contribution in [0.4, 0.5) is 4.39 Å². The molecule has 25 heavy (non-hydrogen) atoms. The molecule has 0 unspecified atom stereocenters. The number of halogens is 1. The summed E-state index contributed by atoms with van der Waals surface area (Å²) in [4.78, 5) is 12.5. The van der Waals surface area contributed by atoms with Gasteiger partial charge in [-0.1, -0.05) is 37.3 Å². The molecule has 128 valence electrons. The molecule has 3 rings (SSSR count). The molecule has 1 atom stereocenters. The number of hydrogen-bond donors (Lipinski definition) is 1. The number of nitrogens with zero attached hydrogens (tertiary/aromatic N) is 4. The summed E-state index contributed by atoms with van der Waals surface area (Å²) in [7, 11) is 0. The Hall–Kier alpha value is -3.09. The van der Waals surface area contributed by atoms with Gasteiger partial charge in [0.2, 0.25) is 5.91 Å². The molecule has 0 aliphatic rings. The van der Waals surface area contributed by atoms with E-state index in [1.165, 1.54) is 16.8 Å². The first-order valence-electron chi connectivity index (χ1n) is 8.05. The van der Waals surface area contributed by atoms with E-state index < -0.39 is 0 Å². The lowest BCUT2D eigenvalue weighted by atomic mass is 9.96. The van der Waals surface area contributed by atoms with Gasteiger partial charge in [-0.05, 0) is 46.7 Å². The fourth-order valence-electron chi connectivity index (χ4n) is 2.65. The van der Waals surface area contributed by atoms with Gasteiger partial charge < -0.3 is 5.32 Å². The molecule has 1 amide bonds. The average Bonchev–Trinajstić information content (AvgIpc) is 3.11. The van der Waals surface area contributed by atoms with E-state index in [-0.39, 0.29) is 24.2 Å². The van der Waals surface area contributed by atoms with Gasteiger partial charge in [0.05, 0.1) is 18.2 Å². The van der Waals surface area contributed by atoms with Gasteiger partial charge in [0, 0.05) is 0 Å². The van der Waals surface area contributed by atoms with Crippen molar-refractivity contribution in [1.29, 1.82) is 0 Å². The second kappa shape index (κ2) is 7.65. The van der Waals surface area contributed by atoms with Crippen molar-refractivity contribution >= 4 is 5.91 Å². The van der Waals surface area contributed by atoms with Crippen molar-refractivity contribution in [2.75, 3.05) is 0 Å². The maximum atomic E-state index is 13.1. The first kappa shape index (κ1) is 16.8. The van der Waals surface area contributed by atoms with Gasteiger partial charge in [-0.3, -0.25) is 4.79 Å². The van der Waals surface area contributed by atoms with E-state index in [0.29, 0.717) is 17.9 Å². The highest BCUT2D eigenvalue weighted by Crippen LogP contribution is 2.19. The molecule has 0 fully saturated rings. The first-order valence-corrected chi connectivity index (χ1v) is 8.05. The minimum Gasteiger partial charge on any atom is -0.348 e. The summed E-state index contributed by atoms with van der Waals surface area (Å²) < 4.78 is 14.5. The van der Waals surface area contributed by atoms with Crippen molar-refractivity contribution in [3.05, 3.63) is 71.8 Å². The predicted octanol–water partition coefficient (Wildman–Crippen LogP) is 2.61. The first-order chi connectivity index (χ1) is 12.2. The van der Waals surface area contributed by atoms with E-state index in [1.54, 1.807) is 12.1 Å². The number of amides is 1. The number of carbonyl (C=O) groups excluding carboxylic acids is 1. The van der Waals surface area contributed by atoms with Crippen molar-refractivity contribution < 1.29 is 9.18 Å². The Morgan fingerprint density at radius 2 is 1.88 bits per heavy atom. The van der Waals surface area contributed by atoms with Crippen LogP contribution < -0.4 is 5.32 Å². The third-order valence-corrected chi connectivity index (χ3v) is 3.95. The Bertz CT molecular complexity index is 832. The molecule has 1 N–H and O–H groups in total. The fraction of sp³-hybridized carbons (Fsp3) is 0.222. The molecule has 2 aromatic carbocycles. The van der Waals surface area contributed by atoms with Crippen LogP contribution in [0.3, 0.4) is 0 Å². The van der Waals surface area contributed by atoms with Gasteiger partial charge in [-0.2, -0.15) is 4.68 Å². The van der Waals surface area contributed by atoms with E-state index in [1.807, 2.05) is 37.3 Å². The fourth-order valence-corrected chi connectivity index (χ4v) is 2.65. The van der Waals surface area contributed by atoms with Crippen molar-refractivity contribution in [1.82, 2.24) is 25.5 Å². The monoisotopic (exact) mass is 339 g/mol. The van der Waals surface area contributed by atoms with Crippen molar-refractivity contribution in [2.45, 2.75) is 25.8 Å². The predicted molar refractivity (Wildman–Crippen MR) is 90.4 cm³/mol. The summed E-state index contributed by atoms with van der Waals surface area (Å²) in [5, 5.41) is 14.4. The number of rotatable bonds is 6. The summed E-state index contributed by atoms with van der Waals surface area (Å²) in [6, 6.07) is 15.5. The number of nitrogens with one attached hydrogen (secondary N) is 1. The van der Waals surface area contributed by atoms with Crippen LogP contribution in [0, 0.1) is 5.82 Å². The third kappa shape index (κ3) is 3.88. The molecule has 0 spiro atoms. The molecular formula is C18H18FN5O. The Morgan fingerprint density at radius 1 is 1.16 bits per heavy atom. The molecule has 7 heteroatoms. The lowest BCUT2D eigenvalue weighted by Crippen LogP contribution is -2.29. The van der Waals surface area contributed by atoms with Crippen LogP contribution in [0.25, 0.3) is 5.69 Å². The Morgan fingerprint density at radius 3 is 2.56 bits per heavy atom. The average molecular weight is 339 g/mol. The Balaban J connectivity index is 1.71. The highest BCUT2D eigenvalue weighted by Gasteiger charge is 2.19. The van der Waals surface area contributed by atoms with Crippen LogP contribution in [0.5, 0.6) is 0 Å². The molecule has 0 saturated heterocycles. The number of tetrazole rings is 1. The van der Waals surface area contributed by atoms with Crippen LogP contribution in [0.2, 0.25) is 0 Å². The SMILES string of the molecule is CC[C@H](C(=O)NCc1nnnn1-c1ccc(F)cc1)c1ccccc1. The van der Waals surface area contributed by atoms with Gasteiger partial charge in [-0.25, -0.2) is 4.39 Å². The van der Waals surface area contributed by atoms with Crippen LogP contribution in [-0.2, 0) is 11.3 Å². The number of aromatic nitrogens is 4. The topological polar surface area (TPSA) is 72.7 Å². The molecule has 0 aliphatic heterocycles. The summed E-state index contributed by atoms with van der Waals surface area (Å²) in [5.74, 6) is -0.165. The van der Waals surface area contributed by atoms with Gasteiger partial charge in [0.25, 0.3) is 0 Å². The van der Waals surface area contributed by atoms with Gasteiger partial charge >= 0.3 is 0 Å². The van der Waals surface area contributed by atoms with Gasteiger partial charge in [0.1, 0.15) is 5.82 Å². The lowest BCUT2D eigenvalue weighted by molar-refractivity contribution is -0.122. The molecule has 0 saturated carbocycles. The lowest BCUT2D eigenvalue weighted by Gasteiger charge is -2.15. The number of benzene rings is 2. The molecule has 1 heterocycles.